The fraction of sp³-hybridized carbons (Fsp3) is 0.700. The summed E-state index contributed by atoms with van der Waals surface area (Å²) in [7, 11) is 0. The topological polar surface area (TPSA) is 54.9 Å². The smallest absolute Gasteiger partial charge is 0.265 e. The van der Waals surface area contributed by atoms with Crippen molar-refractivity contribution in [3.05, 3.63) is 10.6 Å². The highest BCUT2D eigenvalue weighted by Crippen LogP contribution is 2.35. The number of carbonyl (C=O) groups excluding carboxylic acids is 1. The van der Waals surface area contributed by atoms with Crippen molar-refractivity contribution in [1.29, 1.82) is 0 Å². The molecule has 6 heteroatoms. The molecule has 0 spiro atoms. The lowest BCUT2D eigenvalue weighted by Gasteiger charge is -2.08. The third-order valence-electron chi connectivity index (χ3n) is 2.69. The van der Waals surface area contributed by atoms with Crippen LogP contribution < -0.4 is 5.32 Å². The van der Waals surface area contributed by atoms with Gasteiger partial charge < -0.3 is 5.32 Å². The number of rotatable bonds is 5. The molecule has 1 amide bonds. The molecule has 0 bridgehead atoms. The van der Waals surface area contributed by atoms with Crippen LogP contribution in [0.5, 0.6) is 0 Å². The lowest BCUT2D eigenvalue weighted by molar-refractivity contribution is 0.0956. The van der Waals surface area contributed by atoms with Crippen molar-refractivity contribution in [1.82, 2.24) is 14.9 Å². The predicted molar refractivity (Wildman–Crippen MR) is 64.0 cm³/mol. The summed E-state index contributed by atoms with van der Waals surface area (Å²) in [5, 5.41) is 6.81. The van der Waals surface area contributed by atoms with Gasteiger partial charge in [-0.25, -0.2) is 0 Å². The highest BCUT2D eigenvalue weighted by molar-refractivity contribution is 7.08. The van der Waals surface area contributed by atoms with Crippen LogP contribution in [0.3, 0.4) is 0 Å². The van der Waals surface area contributed by atoms with Gasteiger partial charge in [0.15, 0.2) is 0 Å². The molecule has 2 rings (SSSR count). The minimum absolute atomic E-state index is 0.0647. The van der Waals surface area contributed by atoms with Crippen LogP contribution >= 0.6 is 23.1 Å². The summed E-state index contributed by atoms with van der Waals surface area (Å²) >= 11 is 7.26. The van der Waals surface area contributed by atoms with E-state index < -0.39 is 0 Å². The van der Waals surface area contributed by atoms with E-state index in [0.717, 1.165) is 23.6 Å². The van der Waals surface area contributed by atoms with Crippen LogP contribution in [-0.2, 0) is 6.42 Å². The Morgan fingerprint density at radius 3 is 3.06 bits per heavy atom. The summed E-state index contributed by atoms with van der Waals surface area (Å²) in [6.45, 7) is 2.49. The van der Waals surface area contributed by atoms with Crippen molar-refractivity contribution in [2.75, 3.05) is 6.54 Å². The first-order chi connectivity index (χ1) is 7.72. The number of hydrogen-bond donors (Lipinski definition) is 1. The second-order valence-corrected chi connectivity index (χ2v) is 5.28. The average molecular weight is 260 g/mol. The standard InChI is InChI=1S/C10H14ClN3OS/c1-2-8-9(16-14-13-8)10(15)12-5-7(11)6-3-4-6/h6-7H,2-5H2,1H3,(H,12,15). The van der Waals surface area contributed by atoms with Gasteiger partial charge in [0.05, 0.1) is 11.1 Å². The molecule has 1 heterocycles. The molecule has 4 nitrogen and oxygen atoms in total. The van der Waals surface area contributed by atoms with E-state index in [9.17, 15) is 4.79 Å². The lowest BCUT2D eigenvalue weighted by atomic mass is 10.2. The molecule has 1 fully saturated rings. The van der Waals surface area contributed by atoms with Crippen LogP contribution in [0.15, 0.2) is 0 Å². The molecule has 1 N–H and O–H groups in total. The van der Waals surface area contributed by atoms with E-state index in [-0.39, 0.29) is 11.3 Å². The van der Waals surface area contributed by atoms with Crippen molar-refractivity contribution in [3.63, 3.8) is 0 Å². The van der Waals surface area contributed by atoms with Gasteiger partial charge in [0, 0.05) is 6.54 Å². The Kier molecular flexibility index (Phi) is 3.76. The largest absolute Gasteiger partial charge is 0.350 e. The third-order valence-corrected chi connectivity index (χ3v) is 3.97. The maximum atomic E-state index is 11.8. The number of nitrogens with one attached hydrogen (secondary N) is 1. The fourth-order valence-corrected chi connectivity index (χ4v) is 2.50. The van der Waals surface area contributed by atoms with E-state index in [1.165, 1.54) is 12.8 Å². The van der Waals surface area contributed by atoms with Gasteiger partial charge in [0.25, 0.3) is 5.91 Å². The zero-order chi connectivity index (χ0) is 11.5. The average Bonchev–Trinajstić information content (AvgIpc) is 3.03. The highest BCUT2D eigenvalue weighted by atomic mass is 35.5. The third kappa shape index (κ3) is 2.71. The van der Waals surface area contributed by atoms with Crippen LogP contribution in [0.25, 0.3) is 0 Å². The number of aromatic nitrogens is 2. The van der Waals surface area contributed by atoms with E-state index in [1.807, 2.05) is 6.92 Å². The van der Waals surface area contributed by atoms with Gasteiger partial charge in [-0.1, -0.05) is 11.4 Å². The van der Waals surface area contributed by atoms with Crippen LogP contribution in [-0.4, -0.2) is 27.4 Å². The molecule has 0 saturated heterocycles. The molecular weight excluding hydrogens is 246 g/mol. The minimum Gasteiger partial charge on any atom is -0.350 e. The fourth-order valence-electron chi connectivity index (χ4n) is 1.51. The minimum atomic E-state index is -0.0989. The van der Waals surface area contributed by atoms with Gasteiger partial charge in [0.1, 0.15) is 4.88 Å². The van der Waals surface area contributed by atoms with Crippen LogP contribution in [0, 0.1) is 5.92 Å². The summed E-state index contributed by atoms with van der Waals surface area (Å²) in [6, 6.07) is 0. The Morgan fingerprint density at radius 1 is 1.69 bits per heavy atom. The van der Waals surface area contributed by atoms with Gasteiger partial charge >= 0.3 is 0 Å². The molecule has 1 aliphatic rings. The molecule has 1 aromatic rings. The number of amides is 1. The van der Waals surface area contributed by atoms with Gasteiger partial charge in [0.2, 0.25) is 0 Å². The molecule has 0 aromatic carbocycles. The SMILES string of the molecule is CCc1nnsc1C(=O)NCC(Cl)C1CC1. The second-order valence-electron chi connectivity index (χ2n) is 3.97. The number of nitrogens with zero attached hydrogens (tertiary/aromatic N) is 2. The number of aryl methyl sites for hydroxylation is 1. The zero-order valence-corrected chi connectivity index (χ0v) is 10.6. The Morgan fingerprint density at radius 2 is 2.44 bits per heavy atom. The summed E-state index contributed by atoms with van der Waals surface area (Å²) in [5.41, 5.74) is 0.764. The molecule has 0 aliphatic heterocycles. The zero-order valence-electron chi connectivity index (χ0n) is 9.07. The maximum Gasteiger partial charge on any atom is 0.265 e. The van der Waals surface area contributed by atoms with Gasteiger partial charge in [-0.3, -0.25) is 4.79 Å². The Labute approximate surface area is 104 Å². The van der Waals surface area contributed by atoms with Crippen molar-refractivity contribution < 1.29 is 4.79 Å². The molecular formula is C10H14ClN3OS. The van der Waals surface area contributed by atoms with Crippen LogP contribution in [0.1, 0.15) is 35.1 Å². The summed E-state index contributed by atoms with van der Waals surface area (Å²) in [5.74, 6) is 0.491. The Bertz CT molecular complexity index is 378. The highest BCUT2D eigenvalue weighted by Gasteiger charge is 2.30. The molecule has 1 atom stereocenters. The first-order valence-corrected chi connectivity index (χ1v) is 6.66. The van der Waals surface area contributed by atoms with Crippen molar-refractivity contribution in [2.45, 2.75) is 31.6 Å². The van der Waals surface area contributed by atoms with Crippen LogP contribution in [0.2, 0.25) is 0 Å². The number of carbonyl (C=O) groups is 1. The van der Waals surface area contributed by atoms with Crippen molar-refractivity contribution in [2.24, 2.45) is 5.92 Å². The number of hydrogen-bond acceptors (Lipinski definition) is 4. The second kappa shape index (κ2) is 5.10. The van der Waals surface area contributed by atoms with Gasteiger partial charge in [-0.15, -0.1) is 16.7 Å². The Hall–Kier alpha value is -0.680. The molecule has 1 unspecified atom stereocenters. The maximum absolute atomic E-state index is 11.8. The van der Waals surface area contributed by atoms with Crippen LogP contribution in [0.4, 0.5) is 0 Å². The molecule has 1 aromatic heterocycles. The quantitative estimate of drug-likeness (QED) is 0.821. The molecule has 0 radical (unpaired) electrons. The van der Waals surface area contributed by atoms with E-state index in [4.69, 9.17) is 11.6 Å². The van der Waals surface area contributed by atoms with E-state index in [2.05, 4.69) is 14.9 Å². The monoisotopic (exact) mass is 259 g/mol. The molecule has 88 valence electrons. The molecule has 16 heavy (non-hydrogen) atoms. The van der Waals surface area contributed by atoms with E-state index in [1.54, 1.807) is 0 Å². The van der Waals surface area contributed by atoms with Gasteiger partial charge in [-0.05, 0) is 36.7 Å². The summed E-state index contributed by atoms with van der Waals surface area (Å²) in [4.78, 5) is 12.4. The van der Waals surface area contributed by atoms with Crippen molar-refractivity contribution in [3.8, 4) is 0 Å². The van der Waals surface area contributed by atoms with E-state index >= 15 is 0 Å². The summed E-state index contributed by atoms with van der Waals surface area (Å²) in [6.07, 6.45) is 3.10. The number of alkyl halides is 1. The summed E-state index contributed by atoms with van der Waals surface area (Å²) < 4.78 is 3.79. The van der Waals surface area contributed by atoms with E-state index in [0.29, 0.717) is 17.3 Å². The first-order valence-electron chi connectivity index (χ1n) is 5.45. The predicted octanol–water partition coefficient (Wildman–Crippen LogP) is 1.85. The van der Waals surface area contributed by atoms with Gasteiger partial charge in [-0.2, -0.15) is 0 Å². The van der Waals surface area contributed by atoms with Crippen molar-refractivity contribution >= 4 is 29.0 Å². The number of halogens is 1. The normalized spacial score (nSPS) is 17.1. The first kappa shape index (κ1) is 11.8. The molecule has 1 saturated carbocycles. The lowest BCUT2D eigenvalue weighted by Crippen LogP contribution is -2.30. The molecule has 1 aliphatic carbocycles. The Balaban J connectivity index is 1.87.